The van der Waals surface area contributed by atoms with Crippen molar-refractivity contribution in [3.8, 4) is 34.1 Å². The molecular weight excluding hydrogens is 432 g/mol. The number of hydrogen-bond donors (Lipinski definition) is 1. The number of H-pyrrole nitrogens is 1. The lowest BCUT2D eigenvalue weighted by Gasteiger charge is -2.15. The van der Waals surface area contributed by atoms with E-state index in [0.717, 1.165) is 55.4 Å². The predicted molar refractivity (Wildman–Crippen MR) is 138 cm³/mol. The normalized spacial score (nSPS) is 11.7. The van der Waals surface area contributed by atoms with Crippen LogP contribution in [0.1, 0.15) is 19.4 Å². The van der Waals surface area contributed by atoms with Crippen molar-refractivity contribution in [1.82, 2.24) is 25.0 Å². The molecule has 0 atom stereocenters. The van der Waals surface area contributed by atoms with E-state index in [1.807, 2.05) is 97.8 Å². The summed E-state index contributed by atoms with van der Waals surface area (Å²) in [5, 5.41) is 23.8. The summed E-state index contributed by atoms with van der Waals surface area (Å²) in [6.45, 7) is 3.85. The Balaban J connectivity index is 1.47. The molecule has 6 rings (SSSR count). The summed E-state index contributed by atoms with van der Waals surface area (Å²) in [5.74, 6) is 0. The van der Waals surface area contributed by atoms with Gasteiger partial charge in [0.1, 0.15) is 5.69 Å². The molecule has 0 saturated carbocycles. The largest absolute Gasteiger partial charge is 0.276 e. The second kappa shape index (κ2) is 7.93. The van der Waals surface area contributed by atoms with Gasteiger partial charge in [0, 0.05) is 28.1 Å². The molecule has 0 spiro atoms. The standard InChI is InChI=1S/C29H22N6/c1-29(2,18-30)22-11-8-19(9-12-22)28-27-24-14-20(10-13-25(24)31-16-26(27)33-34-28)21-15-32-35(17-21)23-6-4-3-5-7-23/h3-17H,1-2H3,(H,33,34). The van der Waals surface area contributed by atoms with Gasteiger partial charge in [-0.15, -0.1) is 0 Å². The van der Waals surface area contributed by atoms with Gasteiger partial charge in [-0.05, 0) is 49.2 Å². The molecule has 6 nitrogen and oxygen atoms in total. The van der Waals surface area contributed by atoms with Crippen LogP contribution in [0.15, 0.2) is 91.4 Å². The minimum Gasteiger partial charge on any atom is -0.276 e. The lowest BCUT2D eigenvalue weighted by molar-refractivity contribution is 0.687. The Morgan fingerprint density at radius 3 is 2.43 bits per heavy atom. The van der Waals surface area contributed by atoms with Crippen molar-refractivity contribution >= 4 is 21.8 Å². The van der Waals surface area contributed by atoms with Crippen molar-refractivity contribution in [1.29, 1.82) is 5.26 Å². The number of nitrogens with one attached hydrogen (secondary N) is 1. The Bertz CT molecular complexity index is 1720. The molecule has 168 valence electrons. The molecule has 1 N–H and O–H groups in total. The van der Waals surface area contributed by atoms with Gasteiger partial charge in [-0.1, -0.05) is 48.5 Å². The Morgan fingerprint density at radius 1 is 0.886 bits per heavy atom. The number of fused-ring (bicyclic) bond motifs is 3. The molecule has 0 aliphatic heterocycles. The van der Waals surface area contributed by atoms with E-state index in [0.29, 0.717) is 0 Å². The first-order chi connectivity index (χ1) is 17.0. The van der Waals surface area contributed by atoms with E-state index < -0.39 is 5.41 Å². The topological polar surface area (TPSA) is 83.2 Å². The molecule has 35 heavy (non-hydrogen) atoms. The summed E-state index contributed by atoms with van der Waals surface area (Å²) in [6.07, 6.45) is 5.75. The minimum absolute atomic E-state index is 0.540. The third kappa shape index (κ3) is 3.54. The second-order valence-corrected chi connectivity index (χ2v) is 9.17. The highest BCUT2D eigenvalue weighted by Gasteiger charge is 2.20. The average Bonchev–Trinajstić information content (AvgIpc) is 3.57. The van der Waals surface area contributed by atoms with Crippen LogP contribution in [0, 0.1) is 11.3 Å². The van der Waals surface area contributed by atoms with Crippen molar-refractivity contribution in [3.63, 3.8) is 0 Å². The number of nitriles is 1. The van der Waals surface area contributed by atoms with Gasteiger partial charge in [0.05, 0.1) is 40.6 Å². The molecular formula is C29H22N6. The van der Waals surface area contributed by atoms with Crippen LogP contribution in [-0.4, -0.2) is 25.0 Å². The van der Waals surface area contributed by atoms with Crippen molar-refractivity contribution in [2.24, 2.45) is 0 Å². The van der Waals surface area contributed by atoms with E-state index in [4.69, 9.17) is 0 Å². The van der Waals surface area contributed by atoms with Crippen LogP contribution in [0.3, 0.4) is 0 Å². The van der Waals surface area contributed by atoms with E-state index in [2.05, 4.69) is 38.5 Å². The number of pyridine rings is 1. The number of nitrogens with zero attached hydrogens (tertiary/aromatic N) is 5. The molecule has 0 aliphatic carbocycles. The fourth-order valence-electron chi connectivity index (χ4n) is 4.40. The van der Waals surface area contributed by atoms with Gasteiger partial charge < -0.3 is 0 Å². The number of benzene rings is 3. The Labute approximate surface area is 202 Å². The fourth-order valence-corrected chi connectivity index (χ4v) is 4.40. The quantitative estimate of drug-likeness (QED) is 0.333. The average molecular weight is 455 g/mol. The molecule has 3 heterocycles. The number of aromatic amines is 1. The van der Waals surface area contributed by atoms with Crippen LogP contribution < -0.4 is 0 Å². The monoisotopic (exact) mass is 454 g/mol. The highest BCUT2D eigenvalue weighted by molar-refractivity contribution is 6.11. The van der Waals surface area contributed by atoms with E-state index in [9.17, 15) is 5.26 Å². The fraction of sp³-hybridized carbons (Fsp3) is 0.103. The maximum absolute atomic E-state index is 9.47. The molecule has 0 radical (unpaired) electrons. The summed E-state index contributed by atoms with van der Waals surface area (Å²) >= 11 is 0. The third-order valence-corrected chi connectivity index (χ3v) is 6.49. The molecule has 0 fully saturated rings. The summed E-state index contributed by atoms with van der Waals surface area (Å²) in [4.78, 5) is 4.63. The molecule has 6 heteroatoms. The number of aromatic nitrogens is 5. The van der Waals surface area contributed by atoms with E-state index in [1.165, 1.54) is 0 Å². The van der Waals surface area contributed by atoms with Crippen LogP contribution in [0.2, 0.25) is 0 Å². The molecule has 3 aromatic heterocycles. The predicted octanol–water partition coefficient (Wildman–Crippen LogP) is 6.43. The smallest absolute Gasteiger partial charge is 0.101 e. The van der Waals surface area contributed by atoms with Gasteiger partial charge in [-0.25, -0.2) is 4.68 Å². The lowest BCUT2D eigenvalue weighted by atomic mass is 9.86. The Hall–Kier alpha value is -4.76. The van der Waals surface area contributed by atoms with Gasteiger partial charge in [0.15, 0.2) is 0 Å². The van der Waals surface area contributed by atoms with Gasteiger partial charge in [0.25, 0.3) is 0 Å². The third-order valence-electron chi connectivity index (χ3n) is 6.49. The highest BCUT2D eigenvalue weighted by Crippen LogP contribution is 2.35. The Morgan fingerprint density at radius 2 is 1.66 bits per heavy atom. The van der Waals surface area contributed by atoms with Crippen LogP contribution in [0.5, 0.6) is 0 Å². The maximum Gasteiger partial charge on any atom is 0.101 e. The molecule has 0 amide bonds. The van der Waals surface area contributed by atoms with Crippen molar-refractivity contribution in [2.45, 2.75) is 19.3 Å². The first-order valence-electron chi connectivity index (χ1n) is 11.4. The van der Waals surface area contributed by atoms with Gasteiger partial charge in [-0.2, -0.15) is 15.5 Å². The zero-order valence-corrected chi connectivity index (χ0v) is 19.4. The highest BCUT2D eigenvalue weighted by atomic mass is 15.3. The SMILES string of the molecule is CC(C)(C#N)c1ccc(-c2n[nH]c3cnc4ccc(-c5cnn(-c6ccccc6)c5)cc4c23)cc1. The van der Waals surface area contributed by atoms with Crippen LogP contribution >= 0.6 is 0 Å². The van der Waals surface area contributed by atoms with Crippen molar-refractivity contribution < 1.29 is 0 Å². The zero-order chi connectivity index (χ0) is 24.0. The van der Waals surface area contributed by atoms with E-state index >= 15 is 0 Å². The van der Waals surface area contributed by atoms with Gasteiger partial charge in [0.2, 0.25) is 0 Å². The van der Waals surface area contributed by atoms with E-state index in [1.54, 1.807) is 0 Å². The molecule has 0 saturated heterocycles. The Kier molecular flexibility index (Phi) is 4.71. The first kappa shape index (κ1) is 20.8. The second-order valence-electron chi connectivity index (χ2n) is 9.17. The zero-order valence-electron chi connectivity index (χ0n) is 19.4. The lowest BCUT2D eigenvalue weighted by Crippen LogP contribution is -2.13. The van der Waals surface area contributed by atoms with Crippen LogP contribution in [-0.2, 0) is 5.41 Å². The number of hydrogen-bond acceptors (Lipinski definition) is 4. The maximum atomic E-state index is 9.47. The van der Waals surface area contributed by atoms with Gasteiger partial charge in [-0.3, -0.25) is 10.1 Å². The first-order valence-corrected chi connectivity index (χ1v) is 11.4. The molecule has 0 bridgehead atoms. The molecule has 6 aromatic rings. The van der Waals surface area contributed by atoms with Crippen LogP contribution in [0.25, 0.3) is 49.9 Å². The molecule has 3 aromatic carbocycles. The minimum atomic E-state index is -0.540. The summed E-state index contributed by atoms with van der Waals surface area (Å²) in [6, 6.07) is 26.8. The van der Waals surface area contributed by atoms with Crippen molar-refractivity contribution in [2.75, 3.05) is 0 Å². The molecule has 0 aliphatic rings. The number of para-hydroxylation sites is 1. The summed E-state index contributed by atoms with van der Waals surface area (Å²) < 4.78 is 1.88. The van der Waals surface area contributed by atoms with Crippen LogP contribution in [0.4, 0.5) is 0 Å². The van der Waals surface area contributed by atoms with E-state index in [-0.39, 0.29) is 0 Å². The summed E-state index contributed by atoms with van der Waals surface area (Å²) in [5.41, 5.74) is 7.19. The number of rotatable bonds is 4. The molecule has 0 unspecified atom stereocenters. The van der Waals surface area contributed by atoms with Gasteiger partial charge >= 0.3 is 0 Å². The van der Waals surface area contributed by atoms with Crippen molar-refractivity contribution in [3.05, 3.63) is 97.0 Å². The summed E-state index contributed by atoms with van der Waals surface area (Å²) in [7, 11) is 0.